The fourth-order valence-electron chi connectivity index (χ4n) is 4.06. The topological polar surface area (TPSA) is 68.2 Å². The van der Waals surface area contributed by atoms with Crippen LogP contribution in [0.1, 0.15) is 26.4 Å². The molecule has 0 fully saturated rings. The van der Waals surface area contributed by atoms with Crippen molar-refractivity contribution < 1.29 is 12.3 Å². The monoisotopic (exact) mass is 407 g/mol. The van der Waals surface area contributed by atoms with Crippen LogP contribution in [0, 0.1) is 13.8 Å². The van der Waals surface area contributed by atoms with Crippen LogP contribution in [0.15, 0.2) is 47.5 Å². The molecule has 0 radical (unpaired) electrons. The number of fused-ring (bicyclic) bond motifs is 2. The number of likely N-dealkylation sites (N-methyl/N-ethyl adjacent to an activating group) is 3. The molecule has 0 aromatic heterocycles. The maximum absolute atomic E-state index is 13.8. The molecule has 1 N–H and O–H groups in total. The van der Waals surface area contributed by atoms with Gasteiger partial charge in [0.1, 0.15) is 0 Å². The summed E-state index contributed by atoms with van der Waals surface area (Å²) in [7, 11) is 3.12. The van der Waals surface area contributed by atoms with Crippen molar-refractivity contribution in [1.29, 1.82) is 0 Å². The van der Waals surface area contributed by atoms with E-state index in [2.05, 4.69) is 10.3 Å². The van der Waals surface area contributed by atoms with Gasteiger partial charge in [-0.25, -0.2) is 4.79 Å². The first-order valence-electron chi connectivity index (χ1n) is 10.9. The van der Waals surface area contributed by atoms with Gasteiger partial charge in [0, 0.05) is 29.9 Å². The lowest BCUT2D eigenvalue weighted by atomic mass is 9.93. The number of nitrogens with zero attached hydrogens (tertiary/aromatic N) is 4. The van der Waals surface area contributed by atoms with E-state index in [-0.39, 0.29) is 5.84 Å². The van der Waals surface area contributed by atoms with Gasteiger partial charge in [-0.3, -0.25) is 15.0 Å². The van der Waals surface area contributed by atoms with Crippen molar-refractivity contribution in [3.8, 4) is 0 Å². The standard InChI is InChI=1S/C23H27N5O2/c1-6-28-19-13-16(3)15(2)12-18(19)26(4)20-23(28,21(29)27(5)22(30)25-20)24-14-17-10-8-7-9-11-17/h7-13,24H,6,14H2,1-5H3/i14D2. The lowest BCUT2D eigenvalue weighted by Gasteiger charge is -2.53. The summed E-state index contributed by atoms with van der Waals surface area (Å²) >= 11 is 0. The summed E-state index contributed by atoms with van der Waals surface area (Å²) < 4.78 is 17.6. The third-order valence-electron chi connectivity index (χ3n) is 5.87. The smallest absolute Gasteiger partial charge is 0.338 e. The minimum absolute atomic E-state index is 0.156. The maximum Gasteiger partial charge on any atom is 0.351 e. The zero-order valence-corrected chi connectivity index (χ0v) is 17.9. The Kier molecular flexibility index (Phi) is 4.27. The molecule has 2 aliphatic rings. The number of carbonyl (C=O) groups excluding carboxylic acids is 2. The first-order chi connectivity index (χ1) is 15.0. The molecule has 156 valence electrons. The maximum atomic E-state index is 13.8. The van der Waals surface area contributed by atoms with Gasteiger partial charge in [-0.05, 0) is 49.6 Å². The third kappa shape index (κ3) is 2.81. The minimum atomic E-state index is -2.09. The van der Waals surface area contributed by atoms with Crippen molar-refractivity contribution in [2.24, 2.45) is 4.99 Å². The number of hydrogen-bond donors (Lipinski definition) is 1. The number of amidine groups is 1. The number of anilines is 2. The Morgan fingerprint density at radius 2 is 1.67 bits per heavy atom. The summed E-state index contributed by atoms with van der Waals surface area (Å²) in [4.78, 5) is 35.1. The second-order valence-corrected chi connectivity index (χ2v) is 7.64. The Balaban J connectivity index is 2.00. The van der Waals surface area contributed by atoms with Crippen LogP contribution < -0.4 is 15.1 Å². The van der Waals surface area contributed by atoms with Crippen LogP contribution in [0.25, 0.3) is 0 Å². The molecule has 30 heavy (non-hydrogen) atoms. The lowest BCUT2D eigenvalue weighted by molar-refractivity contribution is -0.132. The average molecular weight is 408 g/mol. The van der Waals surface area contributed by atoms with Gasteiger partial charge >= 0.3 is 6.03 Å². The Bertz CT molecular complexity index is 1130. The van der Waals surface area contributed by atoms with Crippen LogP contribution >= 0.6 is 0 Å². The molecule has 0 saturated heterocycles. The first-order valence-corrected chi connectivity index (χ1v) is 9.93. The quantitative estimate of drug-likeness (QED) is 0.844. The number of benzene rings is 2. The highest BCUT2D eigenvalue weighted by atomic mass is 16.2. The summed E-state index contributed by atoms with van der Waals surface area (Å²) in [5.41, 5.74) is 2.34. The van der Waals surface area contributed by atoms with Gasteiger partial charge in [-0.1, -0.05) is 30.3 Å². The molecule has 0 aliphatic carbocycles. The minimum Gasteiger partial charge on any atom is -0.338 e. The van der Waals surface area contributed by atoms with Crippen LogP contribution in [-0.4, -0.2) is 49.0 Å². The Hall–Kier alpha value is -3.19. The number of aliphatic imine (C=N–C) groups is 1. The van der Waals surface area contributed by atoms with Crippen LogP contribution in [0.4, 0.5) is 16.2 Å². The summed E-state index contributed by atoms with van der Waals surface area (Å²) in [6.07, 6.45) is 0. The van der Waals surface area contributed by atoms with Gasteiger partial charge in [0.2, 0.25) is 5.66 Å². The molecular formula is C23H27N5O2. The van der Waals surface area contributed by atoms with Crippen molar-refractivity contribution in [3.63, 3.8) is 0 Å². The van der Waals surface area contributed by atoms with Crippen LogP contribution in [0.2, 0.25) is 0 Å². The SMILES string of the molecule is [2H]C([2H])(NC12C(=O)N(C)C(=O)N=C1N(C)c1cc(C)c(C)cc1N2CC)c1ccccc1. The predicted molar refractivity (Wildman–Crippen MR) is 119 cm³/mol. The van der Waals surface area contributed by atoms with E-state index in [0.29, 0.717) is 12.1 Å². The number of amides is 3. The molecule has 2 aromatic rings. The molecule has 1 unspecified atom stereocenters. The van der Waals surface area contributed by atoms with Gasteiger partial charge in [0.05, 0.1) is 11.4 Å². The van der Waals surface area contributed by atoms with Gasteiger partial charge in [-0.15, -0.1) is 0 Å². The fraction of sp³-hybridized carbons (Fsp3) is 0.348. The number of nitrogens with one attached hydrogen (secondary N) is 1. The number of urea groups is 1. The predicted octanol–water partition coefficient (Wildman–Crippen LogP) is 3.06. The van der Waals surface area contributed by atoms with E-state index < -0.39 is 24.1 Å². The Morgan fingerprint density at radius 1 is 1.03 bits per heavy atom. The number of imide groups is 1. The molecule has 2 aliphatic heterocycles. The number of carbonyl (C=O) groups is 2. The first kappa shape index (κ1) is 17.7. The van der Waals surface area contributed by atoms with Crippen molar-refractivity contribution in [2.45, 2.75) is 32.9 Å². The largest absolute Gasteiger partial charge is 0.351 e. The molecule has 7 heteroatoms. The molecule has 0 spiro atoms. The van der Waals surface area contributed by atoms with Gasteiger partial charge < -0.3 is 9.80 Å². The van der Waals surface area contributed by atoms with E-state index in [1.165, 1.54) is 7.05 Å². The Morgan fingerprint density at radius 3 is 2.30 bits per heavy atom. The van der Waals surface area contributed by atoms with Crippen molar-refractivity contribution in [3.05, 3.63) is 59.2 Å². The lowest BCUT2D eigenvalue weighted by Crippen LogP contribution is -2.78. The molecule has 0 saturated carbocycles. The van der Waals surface area contributed by atoms with E-state index in [9.17, 15) is 9.59 Å². The summed E-state index contributed by atoms with van der Waals surface area (Å²) in [5, 5.41) is 2.98. The normalized spacial score (nSPS) is 22.3. The van der Waals surface area contributed by atoms with Crippen molar-refractivity contribution in [2.75, 3.05) is 30.4 Å². The van der Waals surface area contributed by atoms with E-state index in [4.69, 9.17) is 2.74 Å². The number of rotatable bonds is 4. The zero-order valence-electron chi connectivity index (χ0n) is 19.9. The number of aryl methyl sites for hydroxylation is 2. The molecule has 1 atom stereocenters. The van der Waals surface area contributed by atoms with E-state index in [1.807, 2.05) is 32.9 Å². The van der Waals surface area contributed by atoms with Gasteiger partial charge in [0.15, 0.2) is 5.84 Å². The fourth-order valence-corrected chi connectivity index (χ4v) is 4.06. The summed E-state index contributed by atoms with van der Waals surface area (Å²) in [5.74, 6) is -0.423. The zero-order chi connectivity index (χ0) is 23.4. The summed E-state index contributed by atoms with van der Waals surface area (Å²) in [6, 6.07) is 11.9. The van der Waals surface area contributed by atoms with Crippen LogP contribution in [0.3, 0.4) is 0 Å². The molecule has 7 nitrogen and oxygen atoms in total. The molecule has 2 heterocycles. The van der Waals surface area contributed by atoms with Crippen molar-refractivity contribution >= 4 is 29.1 Å². The average Bonchev–Trinajstić information content (AvgIpc) is 2.76. The van der Waals surface area contributed by atoms with Crippen molar-refractivity contribution in [1.82, 2.24) is 10.2 Å². The van der Waals surface area contributed by atoms with Gasteiger partial charge in [-0.2, -0.15) is 4.99 Å². The highest BCUT2D eigenvalue weighted by molar-refractivity contribution is 6.30. The second-order valence-electron chi connectivity index (χ2n) is 7.64. The highest BCUT2D eigenvalue weighted by Crippen LogP contribution is 2.43. The number of hydrogen-bond acceptors (Lipinski definition) is 5. The highest BCUT2D eigenvalue weighted by Gasteiger charge is 2.58. The molecule has 2 aromatic carbocycles. The third-order valence-corrected chi connectivity index (χ3v) is 5.87. The molecule has 3 amide bonds. The van der Waals surface area contributed by atoms with E-state index in [0.717, 1.165) is 27.4 Å². The molecular weight excluding hydrogens is 378 g/mol. The van der Waals surface area contributed by atoms with Crippen LogP contribution in [0.5, 0.6) is 0 Å². The molecule has 4 rings (SSSR count). The Labute approximate surface area is 179 Å². The molecule has 0 bridgehead atoms. The van der Waals surface area contributed by atoms with E-state index >= 15 is 0 Å². The summed E-state index contributed by atoms with van der Waals surface area (Å²) in [6.45, 7) is 4.18. The van der Waals surface area contributed by atoms with Gasteiger partial charge in [0.25, 0.3) is 5.91 Å². The van der Waals surface area contributed by atoms with E-state index in [1.54, 1.807) is 47.2 Å². The second kappa shape index (κ2) is 7.25. The van der Waals surface area contributed by atoms with Crippen LogP contribution in [-0.2, 0) is 11.3 Å².